The zero-order valence-corrected chi connectivity index (χ0v) is 23.6. The summed E-state index contributed by atoms with van der Waals surface area (Å²) in [5.74, 6) is 0. The minimum absolute atomic E-state index is 1.23. The molecule has 0 saturated heterocycles. The van der Waals surface area contributed by atoms with Crippen LogP contribution in [0.4, 0.5) is 0 Å². The lowest BCUT2D eigenvalue weighted by atomic mass is 9.94. The van der Waals surface area contributed by atoms with Crippen molar-refractivity contribution >= 4 is 77.3 Å². The van der Waals surface area contributed by atoms with Gasteiger partial charge >= 0.3 is 0 Å². The van der Waals surface area contributed by atoms with Crippen molar-refractivity contribution in [3.63, 3.8) is 0 Å². The van der Waals surface area contributed by atoms with E-state index in [1.54, 1.807) is 0 Å². The fourth-order valence-electron chi connectivity index (χ4n) is 6.22. The summed E-state index contributed by atoms with van der Waals surface area (Å²) in [7, 11) is -1.35. The Bertz CT molecular complexity index is 2160. The van der Waals surface area contributed by atoms with Crippen LogP contribution in [0.3, 0.4) is 0 Å². The average Bonchev–Trinajstić information content (AvgIpc) is 3.47. The Balaban J connectivity index is 1.40. The van der Waals surface area contributed by atoms with Gasteiger partial charge in [-0.3, -0.25) is 0 Å². The van der Waals surface area contributed by atoms with Crippen LogP contribution in [0.15, 0.2) is 109 Å². The van der Waals surface area contributed by atoms with E-state index in [0.717, 1.165) is 0 Å². The van der Waals surface area contributed by atoms with Gasteiger partial charge in [0.15, 0.2) is 0 Å². The molecule has 182 valence electrons. The van der Waals surface area contributed by atoms with E-state index in [9.17, 15) is 0 Å². The van der Waals surface area contributed by atoms with E-state index in [1.165, 1.54) is 74.8 Å². The molecule has 6 aromatic carbocycles. The van der Waals surface area contributed by atoms with Gasteiger partial charge in [0.25, 0.3) is 0 Å². The summed E-state index contributed by atoms with van der Waals surface area (Å²) in [5, 5.41) is 9.53. The van der Waals surface area contributed by atoms with E-state index in [-0.39, 0.29) is 0 Å². The summed E-state index contributed by atoms with van der Waals surface area (Å²) in [5.41, 5.74) is 6.37. The molecule has 0 fully saturated rings. The Hall–Kier alpha value is -3.92. The molecule has 0 saturated carbocycles. The molecule has 1 nitrogen and oxygen atoms in total. The van der Waals surface area contributed by atoms with Crippen molar-refractivity contribution in [3.05, 3.63) is 109 Å². The van der Waals surface area contributed by atoms with Gasteiger partial charge in [0.05, 0.1) is 19.1 Å². The largest absolute Gasteiger partial charge is 0.309 e. The van der Waals surface area contributed by atoms with Gasteiger partial charge in [0, 0.05) is 36.6 Å². The normalized spacial score (nSPS) is 12.6. The first-order valence-electron chi connectivity index (χ1n) is 13.3. The molecule has 2 aromatic heterocycles. The monoisotopic (exact) mass is 521 g/mol. The molecule has 8 rings (SSSR count). The predicted octanol–water partition coefficient (Wildman–Crippen LogP) is 9.95. The van der Waals surface area contributed by atoms with Crippen LogP contribution in [-0.4, -0.2) is 12.6 Å². The van der Waals surface area contributed by atoms with Crippen LogP contribution in [0.2, 0.25) is 19.6 Å². The van der Waals surface area contributed by atoms with Crippen molar-refractivity contribution in [1.82, 2.24) is 4.57 Å². The molecule has 0 radical (unpaired) electrons. The van der Waals surface area contributed by atoms with E-state index < -0.39 is 8.07 Å². The van der Waals surface area contributed by atoms with E-state index in [0.29, 0.717) is 0 Å². The summed E-state index contributed by atoms with van der Waals surface area (Å²) < 4.78 is 5.16. The second-order valence-electron chi connectivity index (χ2n) is 11.4. The fraction of sp³-hybridized carbons (Fsp3) is 0.0857. The fourth-order valence-corrected chi connectivity index (χ4v) is 8.48. The molecular formula is C35H27NSSi. The zero-order valence-electron chi connectivity index (χ0n) is 21.7. The highest BCUT2D eigenvalue weighted by molar-refractivity contribution is 7.25. The number of rotatable bonds is 3. The highest BCUT2D eigenvalue weighted by Crippen LogP contribution is 2.43. The number of benzene rings is 6. The van der Waals surface area contributed by atoms with E-state index >= 15 is 0 Å². The van der Waals surface area contributed by atoms with Crippen molar-refractivity contribution in [2.75, 3.05) is 0 Å². The maximum absolute atomic E-state index is 2.46. The number of aromatic nitrogens is 1. The van der Waals surface area contributed by atoms with E-state index in [1.807, 2.05) is 11.3 Å². The Morgan fingerprint density at radius 3 is 2.21 bits per heavy atom. The smallest absolute Gasteiger partial charge is 0.0775 e. The van der Waals surface area contributed by atoms with Crippen molar-refractivity contribution in [1.29, 1.82) is 0 Å². The third-order valence-corrected chi connectivity index (χ3v) is 11.4. The van der Waals surface area contributed by atoms with Crippen molar-refractivity contribution in [3.8, 4) is 16.8 Å². The topological polar surface area (TPSA) is 4.93 Å². The molecule has 3 heteroatoms. The van der Waals surface area contributed by atoms with Crippen molar-refractivity contribution in [2.45, 2.75) is 19.6 Å². The van der Waals surface area contributed by atoms with Crippen LogP contribution < -0.4 is 5.19 Å². The molecule has 0 bridgehead atoms. The SMILES string of the molecule is C[Si](C)(C)c1ccc(-n2c3cccc4ccc5c(-c6ccc7sc8ccccc8c7c6)ccc2c5c43)cc1. The Morgan fingerprint density at radius 2 is 1.37 bits per heavy atom. The minimum Gasteiger partial charge on any atom is -0.309 e. The summed E-state index contributed by atoms with van der Waals surface area (Å²) in [6.45, 7) is 7.23. The number of hydrogen-bond donors (Lipinski definition) is 0. The second kappa shape index (κ2) is 7.79. The highest BCUT2D eigenvalue weighted by Gasteiger charge is 2.20. The quantitative estimate of drug-likeness (QED) is 0.161. The lowest BCUT2D eigenvalue weighted by molar-refractivity contribution is 1.18. The highest BCUT2D eigenvalue weighted by atomic mass is 32.1. The van der Waals surface area contributed by atoms with Gasteiger partial charge in [-0.25, -0.2) is 0 Å². The van der Waals surface area contributed by atoms with Gasteiger partial charge in [0.2, 0.25) is 0 Å². The molecule has 0 aliphatic carbocycles. The first kappa shape index (κ1) is 22.1. The van der Waals surface area contributed by atoms with Crippen LogP contribution in [-0.2, 0) is 0 Å². The first-order valence-corrected chi connectivity index (χ1v) is 17.6. The molecule has 0 spiro atoms. The number of thiophene rings is 1. The minimum atomic E-state index is -1.35. The van der Waals surface area contributed by atoms with Crippen LogP contribution in [0.25, 0.3) is 69.6 Å². The molecule has 8 aromatic rings. The lowest BCUT2D eigenvalue weighted by Gasteiger charge is -2.17. The standard InChI is InChI=1S/C35H27NSSi/c1-38(2,3)25-15-13-24(14-16-25)36-30-9-6-7-22-11-17-28-26(18-19-31(36)35(28)34(22)30)23-12-20-33-29(21-23)27-8-4-5-10-32(27)37-33/h4-21H,1-3H3. The van der Waals surface area contributed by atoms with Crippen molar-refractivity contribution in [2.24, 2.45) is 0 Å². The molecule has 38 heavy (non-hydrogen) atoms. The molecule has 0 unspecified atom stereocenters. The molecular weight excluding hydrogens is 495 g/mol. The van der Waals surface area contributed by atoms with Crippen molar-refractivity contribution < 1.29 is 0 Å². The molecule has 0 aliphatic heterocycles. The lowest BCUT2D eigenvalue weighted by Crippen LogP contribution is -2.37. The summed E-state index contributed by atoms with van der Waals surface area (Å²) in [4.78, 5) is 0. The summed E-state index contributed by atoms with van der Waals surface area (Å²) in [6, 6.07) is 41.1. The molecule has 0 amide bonds. The maximum Gasteiger partial charge on any atom is 0.0775 e. The van der Waals surface area contributed by atoms with Crippen LogP contribution in [0, 0.1) is 0 Å². The Labute approximate surface area is 226 Å². The third-order valence-electron chi connectivity index (χ3n) is 8.14. The van der Waals surface area contributed by atoms with Crippen LogP contribution in [0.5, 0.6) is 0 Å². The van der Waals surface area contributed by atoms with Gasteiger partial charge in [-0.05, 0) is 64.4 Å². The third kappa shape index (κ3) is 3.09. The second-order valence-corrected chi connectivity index (χ2v) is 17.6. The number of nitrogens with zero attached hydrogens (tertiary/aromatic N) is 1. The van der Waals surface area contributed by atoms with Crippen LogP contribution in [0.1, 0.15) is 0 Å². The van der Waals surface area contributed by atoms with Gasteiger partial charge in [-0.15, -0.1) is 11.3 Å². The molecule has 2 heterocycles. The van der Waals surface area contributed by atoms with Gasteiger partial charge < -0.3 is 4.57 Å². The maximum atomic E-state index is 2.46. The number of fused-ring (bicyclic) bond motifs is 3. The predicted molar refractivity (Wildman–Crippen MR) is 171 cm³/mol. The van der Waals surface area contributed by atoms with E-state index in [4.69, 9.17) is 0 Å². The summed E-state index contributed by atoms with van der Waals surface area (Å²) in [6.07, 6.45) is 0. The zero-order chi connectivity index (χ0) is 25.6. The molecule has 0 aliphatic rings. The number of hydrogen-bond acceptors (Lipinski definition) is 1. The average molecular weight is 522 g/mol. The van der Waals surface area contributed by atoms with E-state index in [2.05, 4.69) is 133 Å². The Morgan fingerprint density at radius 1 is 0.579 bits per heavy atom. The summed E-state index contributed by atoms with van der Waals surface area (Å²) >= 11 is 1.88. The molecule has 0 N–H and O–H groups in total. The van der Waals surface area contributed by atoms with Gasteiger partial charge in [0.1, 0.15) is 0 Å². The molecule has 0 atom stereocenters. The van der Waals surface area contributed by atoms with Crippen LogP contribution >= 0.6 is 11.3 Å². The Kier molecular flexibility index (Phi) is 4.53. The van der Waals surface area contributed by atoms with Gasteiger partial charge in [-0.1, -0.05) is 91.6 Å². The first-order chi connectivity index (χ1) is 18.5. The van der Waals surface area contributed by atoms with Gasteiger partial charge in [-0.2, -0.15) is 0 Å².